The second-order valence-corrected chi connectivity index (χ2v) is 4.34. The van der Waals surface area contributed by atoms with E-state index in [0.29, 0.717) is 12.5 Å². The number of halogens is 1. The average Bonchev–Trinajstić information content (AvgIpc) is 2.71. The topological polar surface area (TPSA) is 21.3 Å². The molecule has 3 heteroatoms. The van der Waals surface area contributed by atoms with Gasteiger partial charge in [0, 0.05) is 18.7 Å². The lowest BCUT2D eigenvalue weighted by Gasteiger charge is -2.16. The molecule has 15 heavy (non-hydrogen) atoms. The lowest BCUT2D eigenvalue weighted by atomic mass is 9.93. The summed E-state index contributed by atoms with van der Waals surface area (Å²) in [6.45, 7) is 2.76. The quantitative estimate of drug-likeness (QED) is 0.854. The highest BCUT2D eigenvalue weighted by atomic mass is 35.5. The molecule has 1 aromatic carbocycles. The first-order valence-corrected chi connectivity index (χ1v) is 5.67. The molecule has 0 aliphatic carbocycles. The van der Waals surface area contributed by atoms with Crippen LogP contribution in [0.5, 0.6) is 0 Å². The maximum absolute atomic E-state index is 6.26. The van der Waals surface area contributed by atoms with E-state index in [4.69, 9.17) is 16.3 Å². The summed E-state index contributed by atoms with van der Waals surface area (Å²) in [4.78, 5) is 0. The highest BCUT2D eigenvalue weighted by molar-refractivity contribution is 6.31. The Balaban J connectivity index is 2.32. The summed E-state index contributed by atoms with van der Waals surface area (Å²) in [5, 5.41) is 4.24. The molecule has 0 amide bonds. The number of ether oxygens (including phenoxy) is 1. The van der Waals surface area contributed by atoms with E-state index in [1.165, 1.54) is 17.5 Å². The molecule has 0 radical (unpaired) electrons. The van der Waals surface area contributed by atoms with Gasteiger partial charge >= 0.3 is 0 Å². The van der Waals surface area contributed by atoms with Gasteiger partial charge in [-0.25, -0.2) is 0 Å². The molecule has 1 unspecified atom stereocenters. The summed E-state index contributed by atoms with van der Waals surface area (Å²) in [6.07, 6.45) is 1.17. The molecule has 2 nitrogen and oxygen atoms in total. The lowest BCUT2D eigenvalue weighted by molar-refractivity contribution is 0.184. The third-order valence-corrected chi connectivity index (χ3v) is 3.24. The van der Waals surface area contributed by atoms with Crippen LogP contribution in [-0.4, -0.2) is 20.2 Å². The molecule has 1 aliphatic heterocycles. The summed E-state index contributed by atoms with van der Waals surface area (Å²) in [7, 11) is 1.72. The first-order chi connectivity index (χ1) is 7.33. The van der Waals surface area contributed by atoms with E-state index in [9.17, 15) is 0 Å². The van der Waals surface area contributed by atoms with Gasteiger partial charge in [0.1, 0.15) is 0 Å². The standard InChI is InChI=1S/C12H16ClNO/c1-15-8-10-3-2-4-11(13)12(10)9-5-6-14-7-9/h2-4,9,14H,5-8H2,1H3. The van der Waals surface area contributed by atoms with Crippen molar-refractivity contribution in [2.24, 2.45) is 0 Å². The van der Waals surface area contributed by atoms with Gasteiger partial charge in [-0.3, -0.25) is 0 Å². The third kappa shape index (κ3) is 2.33. The Bertz CT molecular complexity index is 334. The zero-order chi connectivity index (χ0) is 10.7. The molecule has 1 N–H and O–H groups in total. The van der Waals surface area contributed by atoms with Crippen molar-refractivity contribution < 1.29 is 4.74 Å². The highest BCUT2D eigenvalue weighted by Gasteiger charge is 2.21. The first-order valence-electron chi connectivity index (χ1n) is 5.30. The molecule has 2 rings (SSSR count). The minimum absolute atomic E-state index is 0.545. The Hall–Kier alpha value is -0.570. The molecule has 1 saturated heterocycles. The second-order valence-electron chi connectivity index (χ2n) is 3.94. The number of benzene rings is 1. The van der Waals surface area contributed by atoms with Crippen molar-refractivity contribution >= 4 is 11.6 Å². The van der Waals surface area contributed by atoms with Crippen LogP contribution < -0.4 is 5.32 Å². The average molecular weight is 226 g/mol. The molecular weight excluding hydrogens is 210 g/mol. The number of hydrogen-bond donors (Lipinski definition) is 1. The second kappa shape index (κ2) is 4.97. The Morgan fingerprint density at radius 1 is 1.53 bits per heavy atom. The zero-order valence-electron chi connectivity index (χ0n) is 8.92. The molecule has 82 valence electrons. The Morgan fingerprint density at radius 3 is 3.07 bits per heavy atom. The largest absolute Gasteiger partial charge is 0.380 e. The van der Waals surface area contributed by atoms with Crippen LogP contribution in [0.4, 0.5) is 0 Å². The van der Waals surface area contributed by atoms with E-state index in [-0.39, 0.29) is 0 Å². The molecule has 1 heterocycles. The van der Waals surface area contributed by atoms with Crippen molar-refractivity contribution in [2.75, 3.05) is 20.2 Å². The van der Waals surface area contributed by atoms with Gasteiger partial charge in [-0.15, -0.1) is 0 Å². The Labute approximate surface area is 95.6 Å². The van der Waals surface area contributed by atoms with Crippen molar-refractivity contribution in [3.05, 3.63) is 34.3 Å². The van der Waals surface area contributed by atoms with Gasteiger partial charge in [0.2, 0.25) is 0 Å². The molecule has 1 aromatic rings. The number of methoxy groups -OCH3 is 1. The monoisotopic (exact) mass is 225 g/mol. The predicted octanol–water partition coefficient (Wildman–Crippen LogP) is 2.56. The Morgan fingerprint density at radius 2 is 2.40 bits per heavy atom. The SMILES string of the molecule is COCc1cccc(Cl)c1C1CCNC1. The summed E-state index contributed by atoms with van der Waals surface area (Å²) >= 11 is 6.26. The summed E-state index contributed by atoms with van der Waals surface area (Å²) in [5.74, 6) is 0.545. The van der Waals surface area contributed by atoms with Gasteiger partial charge in [-0.2, -0.15) is 0 Å². The van der Waals surface area contributed by atoms with Crippen LogP contribution in [0.25, 0.3) is 0 Å². The highest BCUT2D eigenvalue weighted by Crippen LogP contribution is 2.32. The minimum Gasteiger partial charge on any atom is -0.380 e. The van der Waals surface area contributed by atoms with E-state index >= 15 is 0 Å². The van der Waals surface area contributed by atoms with Gasteiger partial charge in [0.25, 0.3) is 0 Å². The fourth-order valence-corrected chi connectivity index (χ4v) is 2.57. The maximum Gasteiger partial charge on any atom is 0.0716 e. The van der Waals surface area contributed by atoms with Crippen molar-refractivity contribution in [1.82, 2.24) is 5.32 Å². The lowest BCUT2D eigenvalue weighted by Crippen LogP contribution is -2.10. The summed E-state index contributed by atoms with van der Waals surface area (Å²) in [6, 6.07) is 6.06. The predicted molar refractivity (Wildman–Crippen MR) is 62.4 cm³/mol. The van der Waals surface area contributed by atoms with Gasteiger partial charge < -0.3 is 10.1 Å². The molecule has 1 aliphatic rings. The molecular formula is C12H16ClNO. The van der Waals surface area contributed by atoms with E-state index in [2.05, 4.69) is 11.4 Å². The van der Waals surface area contributed by atoms with Crippen LogP contribution in [0, 0.1) is 0 Å². The molecule has 0 saturated carbocycles. The van der Waals surface area contributed by atoms with Crippen molar-refractivity contribution in [2.45, 2.75) is 18.9 Å². The molecule has 1 fully saturated rings. The fraction of sp³-hybridized carbons (Fsp3) is 0.500. The number of rotatable bonds is 3. The summed E-state index contributed by atoms with van der Waals surface area (Å²) < 4.78 is 5.20. The van der Waals surface area contributed by atoms with E-state index in [1.54, 1.807) is 7.11 Å². The molecule has 0 spiro atoms. The van der Waals surface area contributed by atoms with Gasteiger partial charge in [0.15, 0.2) is 0 Å². The van der Waals surface area contributed by atoms with E-state index in [0.717, 1.165) is 18.1 Å². The van der Waals surface area contributed by atoms with Crippen LogP contribution in [0.3, 0.4) is 0 Å². The van der Waals surface area contributed by atoms with E-state index < -0.39 is 0 Å². The zero-order valence-corrected chi connectivity index (χ0v) is 9.68. The number of nitrogens with one attached hydrogen (secondary N) is 1. The Kier molecular flexibility index (Phi) is 3.62. The van der Waals surface area contributed by atoms with Crippen LogP contribution in [0.1, 0.15) is 23.5 Å². The van der Waals surface area contributed by atoms with Crippen LogP contribution in [-0.2, 0) is 11.3 Å². The number of hydrogen-bond acceptors (Lipinski definition) is 2. The van der Waals surface area contributed by atoms with E-state index in [1.807, 2.05) is 12.1 Å². The summed E-state index contributed by atoms with van der Waals surface area (Å²) in [5.41, 5.74) is 2.49. The van der Waals surface area contributed by atoms with Crippen molar-refractivity contribution in [3.8, 4) is 0 Å². The molecule has 1 atom stereocenters. The van der Waals surface area contributed by atoms with Crippen LogP contribution in [0.15, 0.2) is 18.2 Å². The van der Waals surface area contributed by atoms with Crippen LogP contribution >= 0.6 is 11.6 Å². The molecule has 0 aromatic heterocycles. The molecule has 0 bridgehead atoms. The van der Waals surface area contributed by atoms with Gasteiger partial charge in [-0.1, -0.05) is 23.7 Å². The first kappa shape index (κ1) is 10.9. The van der Waals surface area contributed by atoms with Crippen LogP contribution in [0.2, 0.25) is 5.02 Å². The maximum atomic E-state index is 6.26. The van der Waals surface area contributed by atoms with Crippen molar-refractivity contribution in [1.29, 1.82) is 0 Å². The smallest absolute Gasteiger partial charge is 0.0716 e. The van der Waals surface area contributed by atoms with Gasteiger partial charge in [0.05, 0.1) is 6.61 Å². The normalized spacial score (nSPS) is 20.8. The third-order valence-electron chi connectivity index (χ3n) is 2.91. The van der Waals surface area contributed by atoms with Gasteiger partial charge in [-0.05, 0) is 36.1 Å². The fourth-order valence-electron chi connectivity index (χ4n) is 2.22. The minimum atomic E-state index is 0.545. The van der Waals surface area contributed by atoms with Crippen molar-refractivity contribution in [3.63, 3.8) is 0 Å².